The number of nitro groups is 1. The minimum atomic E-state index is -0.736. The van der Waals surface area contributed by atoms with E-state index in [2.05, 4.69) is 16.0 Å². The van der Waals surface area contributed by atoms with Crippen molar-refractivity contribution in [2.75, 3.05) is 19.6 Å². The molecule has 0 radical (unpaired) electrons. The number of nitrogens with one attached hydrogen (secondary N) is 3. The summed E-state index contributed by atoms with van der Waals surface area (Å²) in [6.45, 7) is 7.48. The molecule has 25 heavy (non-hydrogen) atoms. The second-order valence-electron chi connectivity index (χ2n) is 5.76. The molecule has 1 atom stereocenters. The van der Waals surface area contributed by atoms with E-state index in [9.17, 15) is 19.7 Å². The number of benzene rings is 1. The van der Waals surface area contributed by atoms with E-state index in [-0.39, 0.29) is 28.1 Å². The average Bonchev–Trinajstić information content (AvgIpc) is 2.55. The van der Waals surface area contributed by atoms with Gasteiger partial charge in [-0.25, -0.2) is 0 Å². The number of rotatable bonds is 9. The lowest BCUT2D eigenvalue weighted by Gasteiger charge is -2.22. The molecule has 1 aromatic carbocycles. The van der Waals surface area contributed by atoms with Gasteiger partial charge in [-0.15, -0.1) is 0 Å². The number of hydrogen-bond acceptors (Lipinski definition) is 5. The lowest BCUT2D eigenvalue weighted by atomic mass is 10.0. The number of halogens is 1. The molecule has 9 heteroatoms. The van der Waals surface area contributed by atoms with Gasteiger partial charge in [0.05, 0.1) is 15.5 Å². The Morgan fingerprint density at radius 2 is 1.96 bits per heavy atom. The van der Waals surface area contributed by atoms with Gasteiger partial charge >= 0.3 is 0 Å². The Hall–Kier alpha value is -2.19. The number of carbonyl (C=O) groups is 2. The van der Waals surface area contributed by atoms with Crippen LogP contribution in [-0.4, -0.2) is 42.4 Å². The summed E-state index contributed by atoms with van der Waals surface area (Å²) >= 11 is 5.96. The molecule has 0 heterocycles. The second kappa shape index (κ2) is 9.95. The molecule has 1 unspecified atom stereocenters. The molecule has 0 fully saturated rings. The van der Waals surface area contributed by atoms with Crippen LogP contribution in [0.2, 0.25) is 5.02 Å². The van der Waals surface area contributed by atoms with E-state index in [1.807, 2.05) is 20.8 Å². The highest BCUT2D eigenvalue weighted by molar-refractivity contribution is 6.34. The highest BCUT2D eigenvalue weighted by atomic mass is 35.5. The minimum Gasteiger partial charge on any atom is -0.353 e. The van der Waals surface area contributed by atoms with Gasteiger partial charge in [0, 0.05) is 25.2 Å². The highest BCUT2D eigenvalue weighted by Gasteiger charge is 2.25. The zero-order valence-corrected chi connectivity index (χ0v) is 15.2. The van der Waals surface area contributed by atoms with Gasteiger partial charge in [-0.05, 0) is 18.5 Å². The number of amides is 2. The van der Waals surface area contributed by atoms with Crippen LogP contribution in [0.5, 0.6) is 0 Å². The Morgan fingerprint density at radius 3 is 2.48 bits per heavy atom. The summed E-state index contributed by atoms with van der Waals surface area (Å²) in [7, 11) is 0. The van der Waals surface area contributed by atoms with Crippen molar-refractivity contribution in [3.05, 3.63) is 38.9 Å². The first kappa shape index (κ1) is 20.9. The quantitative estimate of drug-likeness (QED) is 0.348. The maximum atomic E-state index is 12.4. The fourth-order valence-electron chi connectivity index (χ4n) is 2.12. The van der Waals surface area contributed by atoms with Crippen LogP contribution < -0.4 is 16.0 Å². The molecule has 138 valence electrons. The number of nitrogens with zero attached hydrogens (tertiary/aromatic N) is 1. The van der Waals surface area contributed by atoms with E-state index < -0.39 is 16.9 Å². The Bertz CT molecular complexity index is 637. The summed E-state index contributed by atoms with van der Waals surface area (Å²) < 4.78 is 0. The second-order valence-corrected chi connectivity index (χ2v) is 6.17. The Balaban J connectivity index is 2.79. The predicted molar refractivity (Wildman–Crippen MR) is 95.8 cm³/mol. The van der Waals surface area contributed by atoms with Crippen molar-refractivity contribution >= 4 is 29.1 Å². The van der Waals surface area contributed by atoms with E-state index >= 15 is 0 Å². The van der Waals surface area contributed by atoms with Crippen LogP contribution in [0.3, 0.4) is 0 Å². The molecule has 0 bridgehead atoms. The van der Waals surface area contributed by atoms with E-state index in [1.165, 1.54) is 12.1 Å². The Morgan fingerprint density at radius 1 is 1.28 bits per heavy atom. The van der Waals surface area contributed by atoms with Crippen LogP contribution >= 0.6 is 11.6 Å². The molecule has 3 N–H and O–H groups in total. The first-order chi connectivity index (χ1) is 11.8. The Kier molecular flexibility index (Phi) is 8.30. The van der Waals surface area contributed by atoms with Gasteiger partial charge in [0.1, 0.15) is 6.04 Å². The van der Waals surface area contributed by atoms with Crippen molar-refractivity contribution in [3.8, 4) is 0 Å². The smallest absolute Gasteiger partial charge is 0.270 e. The van der Waals surface area contributed by atoms with Crippen molar-refractivity contribution in [3.63, 3.8) is 0 Å². The fraction of sp³-hybridized carbons (Fsp3) is 0.500. The molecular formula is C16H23ClN4O4. The summed E-state index contributed by atoms with van der Waals surface area (Å²) in [5.41, 5.74) is -0.124. The molecule has 0 saturated carbocycles. The first-order valence-electron chi connectivity index (χ1n) is 8.01. The predicted octanol–water partition coefficient (Wildman–Crippen LogP) is 1.73. The van der Waals surface area contributed by atoms with Crippen molar-refractivity contribution in [1.29, 1.82) is 0 Å². The molecule has 0 aliphatic rings. The zero-order chi connectivity index (χ0) is 19.0. The van der Waals surface area contributed by atoms with Crippen LogP contribution in [0.25, 0.3) is 0 Å². The molecule has 8 nitrogen and oxygen atoms in total. The lowest BCUT2D eigenvalue weighted by Crippen LogP contribution is -2.50. The average molecular weight is 371 g/mol. The lowest BCUT2D eigenvalue weighted by molar-refractivity contribution is -0.384. The van der Waals surface area contributed by atoms with Gasteiger partial charge in [0.15, 0.2) is 0 Å². The molecule has 1 rings (SSSR count). The SMILES string of the molecule is CCNCCNC(=O)C(NC(=O)c1ccc([N+](=O)[O-])cc1Cl)C(C)C. The van der Waals surface area contributed by atoms with Gasteiger partial charge in [-0.2, -0.15) is 0 Å². The molecule has 0 saturated heterocycles. The summed E-state index contributed by atoms with van der Waals surface area (Å²) in [6.07, 6.45) is 0. The number of nitro benzene ring substituents is 1. The van der Waals surface area contributed by atoms with Crippen molar-refractivity contribution < 1.29 is 14.5 Å². The third kappa shape index (κ3) is 6.32. The summed E-state index contributed by atoms with van der Waals surface area (Å²) in [5.74, 6) is -0.986. The van der Waals surface area contributed by atoms with Crippen molar-refractivity contribution in [1.82, 2.24) is 16.0 Å². The van der Waals surface area contributed by atoms with Crippen LogP contribution in [0, 0.1) is 16.0 Å². The number of hydrogen-bond donors (Lipinski definition) is 3. The number of carbonyl (C=O) groups excluding carboxylic acids is 2. The van der Waals surface area contributed by atoms with Gasteiger partial charge in [0.25, 0.3) is 11.6 Å². The van der Waals surface area contributed by atoms with Crippen LogP contribution in [-0.2, 0) is 4.79 Å². The van der Waals surface area contributed by atoms with Crippen LogP contribution in [0.15, 0.2) is 18.2 Å². The van der Waals surface area contributed by atoms with Gasteiger partial charge < -0.3 is 16.0 Å². The molecule has 1 aromatic rings. The number of likely N-dealkylation sites (N-methyl/N-ethyl adjacent to an activating group) is 1. The molecule has 0 aromatic heterocycles. The maximum absolute atomic E-state index is 12.4. The summed E-state index contributed by atoms with van der Waals surface area (Å²) in [5, 5.41) is 19.2. The molecule has 0 aliphatic carbocycles. The molecule has 0 spiro atoms. The zero-order valence-electron chi connectivity index (χ0n) is 14.5. The largest absolute Gasteiger partial charge is 0.353 e. The topological polar surface area (TPSA) is 113 Å². The van der Waals surface area contributed by atoms with Crippen molar-refractivity contribution in [2.24, 2.45) is 5.92 Å². The maximum Gasteiger partial charge on any atom is 0.270 e. The van der Waals surface area contributed by atoms with E-state index in [4.69, 9.17) is 11.6 Å². The third-order valence-corrected chi connectivity index (χ3v) is 3.81. The van der Waals surface area contributed by atoms with Gasteiger partial charge in [-0.1, -0.05) is 32.4 Å². The molecule has 2 amide bonds. The van der Waals surface area contributed by atoms with Crippen LogP contribution in [0.4, 0.5) is 5.69 Å². The van der Waals surface area contributed by atoms with Crippen LogP contribution in [0.1, 0.15) is 31.1 Å². The molecular weight excluding hydrogens is 348 g/mol. The molecule has 0 aliphatic heterocycles. The standard InChI is InChI=1S/C16H23ClN4O4/c1-4-18-7-8-19-16(23)14(10(2)3)20-15(22)12-6-5-11(21(24)25)9-13(12)17/h5-6,9-10,14,18H,4,7-8H2,1-3H3,(H,19,23)(H,20,22). The first-order valence-corrected chi connectivity index (χ1v) is 8.39. The van der Waals surface area contributed by atoms with Gasteiger partial charge in [0.2, 0.25) is 5.91 Å². The summed E-state index contributed by atoms with van der Waals surface area (Å²) in [6, 6.07) is 2.84. The fourth-order valence-corrected chi connectivity index (χ4v) is 2.38. The summed E-state index contributed by atoms with van der Waals surface area (Å²) in [4.78, 5) is 34.8. The van der Waals surface area contributed by atoms with Crippen molar-refractivity contribution in [2.45, 2.75) is 26.8 Å². The highest BCUT2D eigenvalue weighted by Crippen LogP contribution is 2.22. The van der Waals surface area contributed by atoms with E-state index in [1.54, 1.807) is 0 Å². The van der Waals surface area contributed by atoms with E-state index in [0.29, 0.717) is 13.1 Å². The monoisotopic (exact) mass is 370 g/mol. The third-order valence-electron chi connectivity index (χ3n) is 3.49. The number of non-ortho nitro benzene ring substituents is 1. The van der Waals surface area contributed by atoms with Gasteiger partial charge in [-0.3, -0.25) is 19.7 Å². The van der Waals surface area contributed by atoms with E-state index in [0.717, 1.165) is 12.6 Å². The normalized spacial score (nSPS) is 11.9. The minimum absolute atomic E-state index is 0.0400. The Labute approximate surface area is 151 Å².